The van der Waals surface area contributed by atoms with Gasteiger partial charge in [0.25, 0.3) is 0 Å². The molecule has 0 spiro atoms. The van der Waals surface area contributed by atoms with E-state index in [2.05, 4.69) is 20.6 Å². The van der Waals surface area contributed by atoms with Gasteiger partial charge in [-0.25, -0.2) is 22.9 Å². The van der Waals surface area contributed by atoms with E-state index in [4.69, 9.17) is 9.47 Å². The molecule has 1 aliphatic rings. The van der Waals surface area contributed by atoms with Crippen LogP contribution in [-0.2, 0) is 10.9 Å². The topological polar surface area (TPSA) is 88.3 Å². The van der Waals surface area contributed by atoms with Gasteiger partial charge in [-0.15, -0.1) is 0 Å². The molecule has 1 aliphatic heterocycles. The Bertz CT molecular complexity index is 1150. The predicted molar refractivity (Wildman–Crippen MR) is 99.2 cm³/mol. The Hall–Kier alpha value is -3.48. The minimum absolute atomic E-state index is 0.179. The van der Waals surface area contributed by atoms with Crippen molar-refractivity contribution in [1.82, 2.24) is 15.3 Å². The zero-order chi connectivity index (χ0) is 23.1. The van der Waals surface area contributed by atoms with E-state index in [9.17, 15) is 31.1 Å². The maximum atomic E-state index is 14.5. The molecule has 1 saturated heterocycles. The number of nitrogens with zero attached hydrogens (tertiary/aromatic N) is 1. The van der Waals surface area contributed by atoms with Gasteiger partial charge in [-0.1, -0.05) is 0 Å². The molecule has 0 saturated carbocycles. The van der Waals surface area contributed by atoms with Crippen LogP contribution in [0.15, 0.2) is 30.6 Å². The first kappa shape index (κ1) is 21.7. The third-order valence-corrected chi connectivity index (χ3v) is 4.60. The molecule has 0 radical (unpaired) electrons. The van der Waals surface area contributed by atoms with Crippen molar-refractivity contribution in [2.75, 3.05) is 25.1 Å². The summed E-state index contributed by atoms with van der Waals surface area (Å²) in [7, 11) is 0. The number of hydrogen-bond donors (Lipinski definition) is 3. The van der Waals surface area contributed by atoms with E-state index in [1.807, 2.05) is 0 Å². The van der Waals surface area contributed by atoms with Gasteiger partial charge in [0.2, 0.25) is 0 Å². The predicted octanol–water partition coefficient (Wildman–Crippen LogP) is 4.51. The highest BCUT2D eigenvalue weighted by molar-refractivity contribution is 5.89. The number of aromatic amines is 1. The van der Waals surface area contributed by atoms with Gasteiger partial charge in [0.05, 0.1) is 30.7 Å². The molecule has 2 aromatic heterocycles. The molecule has 3 heterocycles. The smallest absolute Gasteiger partial charge is 0.418 e. The van der Waals surface area contributed by atoms with Gasteiger partial charge in [-0.05, 0) is 6.07 Å². The summed E-state index contributed by atoms with van der Waals surface area (Å²) >= 11 is 0. The van der Waals surface area contributed by atoms with Crippen LogP contribution in [-0.4, -0.2) is 41.4 Å². The number of urea groups is 1. The SMILES string of the molecule is O=C(NCC1(F)COC1)Nc1cc(F)c(Oc2ccnc3[nH]cc(C(F)(F)F)c23)c(F)c1. The molecule has 13 heteroatoms. The van der Waals surface area contributed by atoms with E-state index < -0.39 is 52.0 Å². The second-order valence-corrected chi connectivity index (χ2v) is 7.06. The van der Waals surface area contributed by atoms with Crippen molar-refractivity contribution in [2.45, 2.75) is 11.8 Å². The summed E-state index contributed by atoms with van der Waals surface area (Å²) in [6.45, 7) is -0.717. The Morgan fingerprint density at radius 1 is 1.25 bits per heavy atom. The Morgan fingerprint density at radius 2 is 1.94 bits per heavy atom. The number of nitrogens with one attached hydrogen (secondary N) is 3. The summed E-state index contributed by atoms with van der Waals surface area (Å²) in [5.74, 6) is -4.03. The molecule has 32 heavy (non-hydrogen) atoms. The number of H-pyrrole nitrogens is 1. The fourth-order valence-electron chi connectivity index (χ4n) is 3.01. The molecule has 0 bridgehead atoms. The number of amides is 2. The molecule has 0 unspecified atom stereocenters. The van der Waals surface area contributed by atoms with Crippen LogP contribution in [0.2, 0.25) is 0 Å². The van der Waals surface area contributed by atoms with Crippen LogP contribution in [0.5, 0.6) is 11.5 Å². The number of carbonyl (C=O) groups excluding carboxylic acids is 1. The molecule has 2 amide bonds. The van der Waals surface area contributed by atoms with E-state index >= 15 is 0 Å². The van der Waals surface area contributed by atoms with Crippen LogP contribution in [0, 0.1) is 11.6 Å². The highest BCUT2D eigenvalue weighted by atomic mass is 19.4. The Morgan fingerprint density at radius 3 is 2.53 bits per heavy atom. The summed E-state index contributed by atoms with van der Waals surface area (Å²) in [6, 6.07) is 1.52. The maximum Gasteiger partial charge on any atom is 0.418 e. The van der Waals surface area contributed by atoms with Crippen LogP contribution in [0.1, 0.15) is 5.56 Å². The fraction of sp³-hybridized carbons (Fsp3) is 0.263. The van der Waals surface area contributed by atoms with Gasteiger partial charge in [0, 0.05) is 30.2 Å². The van der Waals surface area contributed by atoms with Crippen molar-refractivity contribution in [2.24, 2.45) is 0 Å². The number of benzene rings is 1. The minimum Gasteiger partial charge on any atom is -0.450 e. The van der Waals surface area contributed by atoms with E-state index in [0.717, 1.165) is 12.3 Å². The molecule has 170 valence electrons. The van der Waals surface area contributed by atoms with Gasteiger partial charge in [-0.3, -0.25) is 0 Å². The van der Waals surface area contributed by atoms with Crippen molar-refractivity contribution >= 4 is 22.8 Å². The number of halogens is 6. The number of alkyl halides is 4. The summed E-state index contributed by atoms with van der Waals surface area (Å²) in [6.07, 6.45) is -2.99. The van der Waals surface area contributed by atoms with Crippen LogP contribution in [0.25, 0.3) is 11.0 Å². The number of hydrogen-bond acceptors (Lipinski definition) is 4. The fourth-order valence-corrected chi connectivity index (χ4v) is 3.01. The van der Waals surface area contributed by atoms with Crippen molar-refractivity contribution in [3.63, 3.8) is 0 Å². The molecule has 7 nitrogen and oxygen atoms in total. The molecular weight excluding hydrogens is 446 g/mol. The normalized spacial score (nSPS) is 15.3. The highest BCUT2D eigenvalue weighted by Crippen LogP contribution is 2.40. The Balaban J connectivity index is 1.54. The van der Waals surface area contributed by atoms with Crippen LogP contribution < -0.4 is 15.4 Å². The average Bonchev–Trinajstić information content (AvgIpc) is 3.13. The molecular formula is C19H14F6N4O3. The largest absolute Gasteiger partial charge is 0.450 e. The lowest BCUT2D eigenvalue weighted by atomic mass is 10.1. The molecule has 0 atom stereocenters. The second-order valence-electron chi connectivity index (χ2n) is 7.06. The summed E-state index contributed by atoms with van der Waals surface area (Å²) in [5, 5.41) is 3.84. The number of ether oxygens (including phenoxy) is 2. The average molecular weight is 460 g/mol. The molecule has 3 N–H and O–H groups in total. The van der Waals surface area contributed by atoms with E-state index in [1.54, 1.807) is 0 Å². The third-order valence-electron chi connectivity index (χ3n) is 4.60. The van der Waals surface area contributed by atoms with E-state index in [1.165, 1.54) is 0 Å². The van der Waals surface area contributed by atoms with Gasteiger partial charge in [0.15, 0.2) is 23.1 Å². The van der Waals surface area contributed by atoms with E-state index in [-0.39, 0.29) is 31.1 Å². The number of rotatable bonds is 5. The Kier molecular flexibility index (Phi) is 5.36. The molecule has 4 rings (SSSR count). The van der Waals surface area contributed by atoms with Gasteiger partial charge >= 0.3 is 12.2 Å². The van der Waals surface area contributed by atoms with Gasteiger partial charge in [-0.2, -0.15) is 13.2 Å². The first-order valence-electron chi connectivity index (χ1n) is 9.07. The lowest BCUT2D eigenvalue weighted by Gasteiger charge is -2.33. The molecule has 3 aromatic rings. The zero-order valence-corrected chi connectivity index (χ0v) is 15.9. The van der Waals surface area contributed by atoms with Crippen molar-refractivity contribution < 1.29 is 40.6 Å². The van der Waals surface area contributed by atoms with E-state index in [0.29, 0.717) is 18.3 Å². The quantitative estimate of drug-likeness (QED) is 0.489. The molecule has 1 aromatic carbocycles. The lowest BCUT2D eigenvalue weighted by molar-refractivity contribution is -0.136. The maximum absolute atomic E-state index is 14.5. The van der Waals surface area contributed by atoms with Gasteiger partial charge in [0.1, 0.15) is 11.4 Å². The first-order valence-corrected chi connectivity index (χ1v) is 9.07. The zero-order valence-electron chi connectivity index (χ0n) is 15.9. The molecule has 0 aliphatic carbocycles. The van der Waals surface area contributed by atoms with Crippen LogP contribution in [0.3, 0.4) is 0 Å². The number of anilines is 1. The van der Waals surface area contributed by atoms with Crippen molar-refractivity contribution in [3.8, 4) is 11.5 Å². The van der Waals surface area contributed by atoms with Gasteiger partial charge < -0.3 is 25.1 Å². The first-order chi connectivity index (χ1) is 15.1. The number of fused-ring (bicyclic) bond motifs is 1. The summed E-state index contributed by atoms with van der Waals surface area (Å²) in [4.78, 5) is 17.9. The number of aromatic nitrogens is 2. The van der Waals surface area contributed by atoms with Crippen molar-refractivity contribution in [3.05, 3.63) is 47.8 Å². The minimum atomic E-state index is -4.76. The Labute approximate surface area is 175 Å². The monoisotopic (exact) mass is 460 g/mol. The van der Waals surface area contributed by atoms with Crippen LogP contribution >= 0.6 is 0 Å². The summed E-state index contributed by atoms with van der Waals surface area (Å²) < 4.78 is 92.3. The standard InChI is InChI=1S/C19H14F6N4O3/c20-11-3-9(29-17(30)28-6-18(22)7-31-8-18)4-12(21)15(11)32-13-1-2-26-16-14(13)10(5-27-16)19(23,24)25/h1-5H,6-8H2,(H,26,27)(H2,28,29,30). The second kappa shape index (κ2) is 7.89. The highest BCUT2D eigenvalue weighted by Gasteiger charge is 2.39. The number of pyridine rings is 1. The lowest BCUT2D eigenvalue weighted by Crippen LogP contribution is -2.54. The number of carbonyl (C=O) groups is 1. The molecule has 1 fully saturated rings. The third kappa shape index (κ3) is 4.28. The summed E-state index contributed by atoms with van der Waals surface area (Å²) in [5.41, 5.74) is -3.32. The van der Waals surface area contributed by atoms with Crippen molar-refractivity contribution in [1.29, 1.82) is 0 Å². The van der Waals surface area contributed by atoms with Crippen LogP contribution in [0.4, 0.5) is 36.8 Å².